The quantitative estimate of drug-likeness (QED) is 0.691. The third kappa shape index (κ3) is 4.58. The first kappa shape index (κ1) is 11.5. The number of nitrogens with one attached hydrogen (secondary N) is 1. The largest absolute Gasteiger partial charge is 0.379 e. The molecule has 1 heterocycles. The highest BCUT2D eigenvalue weighted by Gasteiger charge is 2.19. The Hall–Kier alpha value is -0.610. The fraction of sp³-hybridized carbons (Fsp3) is 0.900. The van der Waals surface area contributed by atoms with Crippen molar-refractivity contribution in [3.05, 3.63) is 0 Å². The van der Waals surface area contributed by atoms with Crippen LogP contribution in [0.1, 0.15) is 33.1 Å². The SMILES string of the molecule is CC(C)(N)CCC(=O)NC1CCOC1. The van der Waals surface area contributed by atoms with Gasteiger partial charge in [0.15, 0.2) is 0 Å². The molecule has 1 aliphatic heterocycles. The van der Waals surface area contributed by atoms with E-state index < -0.39 is 0 Å². The van der Waals surface area contributed by atoms with Crippen LogP contribution in [-0.4, -0.2) is 30.7 Å². The molecule has 1 aliphatic rings. The Morgan fingerprint density at radius 3 is 2.86 bits per heavy atom. The van der Waals surface area contributed by atoms with Gasteiger partial charge in [-0.25, -0.2) is 0 Å². The molecule has 4 heteroatoms. The Bertz CT molecular complexity index is 193. The average Bonchev–Trinajstić information content (AvgIpc) is 2.52. The van der Waals surface area contributed by atoms with Crippen molar-refractivity contribution in [2.45, 2.75) is 44.7 Å². The first-order valence-electron chi connectivity index (χ1n) is 5.13. The molecule has 1 saturated heterocycles. The molecule has 4 nitrogen and oxygen atoms in total. The van der Waals surface area contributed by atoms with Gasteiger partial charge < -0.3 is 15.8 Å². The molecule has 0 spiro atoms. The van der Waals surface area contributed by atoms with E-state index in [9.17, 15) is 4.79 Å². The van der Waals surface area contributed by atoms with Crippen molar-refractivity contribution in [1.82, 2.24) is 5.32 Å². The van der Waals surface area contributed by atoms with Crippen molar-refractivity contribution in [2.75, 3.05) is 13.2 Å². The lowest BCUT2D eigenvalue weighted by Crippen LogP contribution is -2.38. The molecule has 0 aromatic rings. The number of carbonyl (C=O) groups is 1. The topological polar surface area (TPSA) is 64.4 Å². The van der Waals surface area contributed by atoms with E-state index in [0.29, 0.717) is 19.4 Å². The van der Waals surface area contributed by atoms with Gasteiger partial charge in [-0.2, -0.15) is 0 Å². The Labute approximate surface area is 85.2 Å². The van der Waals surface area contributed by atoms with Crippen LogP contribution in [-0.2, 0) is 9.53 Å². The second-order valence-electron chi connectivity index (χ2n) is 4.62. The summed E-state index contributed by atoms with van der Waals surface area (Å²) in [6, 6.07) is 0.211. The van der Waals surface area contributed by atoms with Gasteiger partial charge in [-0.05, 0) is 26.7 Å². The van der Waals surface area contributed by atoms with E-state index in [0.717, 1.165) is 13.0 Å². The van der Waals surface area contributed by atoms with Gasteiger partial charge in [0.2, 0.25) is 5.91 Å². The Morgan fingerprint density at radius 2 is 2.36 bits per heavy atom. The molecular formula is C10H20N2O2. The zero-order chi connectivity index (χ0) is 10.6. The summed E-state index contributed by atoms with van der Waals surface area (Å²) in [6.07, 6.45) is 2.14. The lowest BCUT2D eigenvalue weighted by atomic mass is 10.00. The van der Waals surface area contributed by atoms with Crippen molar-refractivity contribution in [2.24, 2.45) is 5.73 Å². The molecule has 3 N–H and O–H groups in total. The standard InChI is InChI=1S/C10H20N2O2/c1-10(2,11)5-3-9(13)12-8-4-6-14-7-8/h8H,3-7,11H2,1-2H3,(H,12,13). The molecule has 1 rings (SSSR count). The monoisotopic (exact) mass is 200 g/mol. The third-order valence-electron chi connectivity index (χ3n) is 2.29. The predicted molar refractivity (Wildman–Crippen MR) is 54.9 cm³/mol. The maximum atomic E-state index is 11.4. The molecule has 0 radical (unpaired) electrons. The average molecular weight is 200 g/mol. The van der Waals surface area contributed by atoms with Crippen molar-refractivity contribution in [1.29, 1.82) is 0 Å². The van der Waals surface area contributed by atoms with Crippen molar-refractivity contribution < 1.29 is 9.53 Å². The van der Waals surface area contributed by atoms with Gasteiger partial charge in [0.25, 0.3) is 0 Å². The van der Waals surface area contributed by atoms with Crippen LogP contribution in [0.3, 0.4) is 0 Å². The van der Waals surface area contributed by atoms with E-state index in [-0.39, 0.29) is 17.5 Å². The molecule has 14 heavy (non-hydrogen) atoms. The van der Waals surface area contributed by atoms with Crippen LogP contribution in [0, 0.1) is 0 Å². The van der Waals surface area contributed by atoms with E-state index >= 15 is 0 Å². The van der Waals surface area contributed by atoms with Gasteiger partial charge in [0.1, 0.15) is 0 Å². The molecule has 0 saturated carbocycles. The third-order valence-corrected chi connectivity index (χ3v) is 2.29. The fourth-order valence-electron chi connectivity index (χ4n) is 1.38. The van der Waals surface area contributed by atoms with Crippen LogP contribution in [0.2, 0.25) is 0 Å². The normalized spacial score (nSPS) is 22.4. The highest BCUT2D eigenvalue weighted by atomic mass is 16.5. The van der Waals surface area contributed by atoms with Crippen LogP contribution in [0.15, 0.2) is 0 Å². The smallest absolute Gasteiger partial charge is 0.220 e. The van der Waals surface area contributed by atoms with Gasteiger partial charge in [-0.15, -0.1) is 0 Å². The zero-order valence-electron chi connectivity index (χ0n) is 9.01. The number of carbonyl (C=O) groups excluding carboxylic acids is 1. The molecule has 82 valence electrons. The summed E-state index contributed by atoms with van der Waals surface area (Å²) in [5.74, 6) is 0.0824. The first-order chi connectivity index (χ1) is 6.47. The summed E-state index contributed by atoms with van der Waals surface area (Å²) < 4.78 is 5.16. The summed E-state index contributed by atoms with van der Waals surface area (Å²) in [5.41, 5.74) is 5.53. The molecule has 0 aromatic carbocycles. The zero-order valence-corrected chi connectivity index (χ0v) is 9.01. The van der Waals surface area contributed by atoms with Gasteiger partial charge in [-0.1, -0.05) is 0 Å². The lowest BCUT2D eigenvalue weighted by molar-refractivity contribution is -0.122. The molecule has 1 unspecified atom stereocenters. The van der Waals surface area contributed by atoms with Crippen LogP contribution >= 0.6 is 0 Å². The lowest BCUT2D eigenvalue weighted by Gasteiger charge is -2.18. The summed E-state index contributed by atoms with van der Waals surface area (Å²) in [6.45, 7) is 5.27. The van der Waals surface area contributed by atoms with Crippen molar-refractivity contribution >= 4 is 5.91 Å². The number of hydrogen-bond acceptors (Lipinski definition) is 3. The number of hydrogen-bond donors (Lipinski definition) is 2. The molecule has 1 amide bonds. The predicted octanol–water partition coefficient (Wildman–Crippen LogP) is 0.409. The van der Waals surface area contributed by atoms with Crippen LogP contribution in [0.4, 0.5) is 0 Å². The molecule has 0 bridgehead atoms. The van der Waals surface area contributed by atoms with E-state index in [4.69, 9.17) is 10.5 Å². The number of nitrogens with two attached hydrogens (primary N) is 1. The van der Waals surface area contributed by atoms with Crippen molar-refractivity contribution in [3.63, 3.8) is 0 Å². The molecule has 1 fully saturated rings. The number of rotatable bonds is 4. The number of ether oxygens (including phenoxy) is 1. The van der Waals surface area contributed by atoms with E-state index in [1.807, 2.05) is 13.8 Å². The number of amides is 1. The minimum atomic E-state index is -0.260. The van der Waals surface area contributed by atoms with Crippen LogP contribution < -0.4 is 11.1 Å². The minimum absolute atomic E-state index is 0.0824. The molecule has 1 atom stereocenters. The minimum Gasteiger partial charge on any atom is -0.379 e. The van der Waals surface area contributed by atoms with E-state index in [1.54, 1.807) is 0 Å². The van der Waals surface area contributed by atoms with Gasteiger partial charge in [0.05, 0.1) is 12.6 Å². The second kappa shape index (κ2) is 4.75. The van der Waals surface area contributed by atoms with Gasteiger partial charge in [0, 0.05) is 18.6 Å². The maximum Gasteiger partial charge on any atom is 0.220 e. The van der Waals surface area contributed by atoms with E-state index in [1.165, 1.54) is 0 Å². The summed E-state index contributed by atoms with van der Waals surface area (Å²) in [4.78, 5) is 11.4. The molecular weight excluding hydrogens is 180 g/mol. The summed E-state index contributed by atoms with van der Waals surface area (Å²) >= 11 is 0. The first-order valence-corrected chi connectivity index (χ1v) is 5.13. The molecule has 0 aromatic heterocycles. The highest BCUT2D eigenvalue weighted by Crippen LogP contribution is 2.08. The van der Waals surface area contributed by atoms with Gasteiger partial charge >= 0.3 is 0 Å². The Balaban J connectivity index is 2.15. The van der Waals surface area contributed by atoms with Crippen LogP contribution in [0.25, 0.3) is 0 Å². The Morgan fingerprint density at radius 1 is 1.64 bits per heavy atom. The van der Waals surface area contributed by atoms with Gasteiger partial charge in [-0.3, -0.25) is 4.79 Å². The fourth-order valence-corrected chi connectivity index (χ4v) is 1.38. The summed E-state index contributed by atoms with van der Waals surface area (Å²) in [7, 11) is 0. The maximum absolute atomic E-state index is 11.4. The molecule has 0 aliphatic carbocycles. The van der Waals surface area contributed by atoms with Crippen molar-refractivity contribution in [3.8, 4) is 0 Å². The highest BCUT2D eigenvalue weighted by molar-refractivity contribution is 5.76. The Kier molecular flexibility index (Phi) is 3.89. The second-order valence-corrected chi connectivity index (χ2v) is 4.62. The summed E-state index contributed by atoms with van der Waals surface area (Å²) in [5, 5.41) is 2.93. The van der Waals surface area contributed by atoms with E-state index in [2.05, 4.69) is 5.32 Å². The van der Waals surface area contributed by atoms with Crippen LogP contribution in [0.5, 0.6) is 0 Å².